The lowest BCUT2D eigenvalue weighted by Gasteiger charge is -2.19. The maximum Gasteiger partial charge on any atom is 0.417 e. The summed E-state index contributed by atoms with van der Waals surface area (Å²) in [5, 5.41) is 0. The third kappa shape index (κ3) is 2.75. The molecule has 3 rings (SSSR count). The number of hydrogen-bond donors (Lipinski definition) is 1. The van der Waals surface area contributed by atoms with Gasteiger partial charge in [-0.25, -0.2) is 18.4 Å². The van der Waals surface area contributed by atoms with Gasteiger partial charge < -0.3 is 5.73 Å². The third-order valence-corrected chi connectivity index (χ3v) is 5.31. The first kappa shape index (κ1) is 15.7. The van der Waals surface area contributed by atoms with Gasteiger partial charge in [-0.2, -0.15) is 17.5 Å². The average Bonchev–Trinajstić information content (AvgIpc) is 2.90. The number of sulfonamides is 1. The molecule has 0 unspecified atom stereocenters. The Labute approximate surface area is 129 Å². The van der Waals surface area contributed by atoms with Gasteiger partial charge in [0.2, 0.25) is 16.0 Å². The quantitative estimate of drug-likeness (QED) is 0.897. The number of benzene rings is 1. The maximum absolute atomic E-state index is 13.1. The molecule has 1 aromatic carbocycles. The molecule has 122 valence electrons. The van der Waals surface area contributed by atoms with Crippen molar-refractivity contribution >= 4 is 16.0 Å². The number of hydrogen-bond acceptors (Lipinski definition) is 5. The molecule has 0 amide bonds. The Bertz CT molecular complexity index is 868. The average molecular weight is 344 g/mol. The summed E-state index contributed by atoms with van der Waals surface area (Å²) in [5.74, 6) is -0.0151. The number of fused-ring (bicyclic) bond motifs is 1. The van der Waals surface area contributed by atoms with E-state index in [0.29, 0.717) is 11.3 Å². The fourth-order valence-electron chi connectivity index (χ4n) is 2.37. The highest BCUT2D eigenvalue weighted by Crippen LogP contribution is 2.36. The molecule has 2 N–H and O–H groups in total. The van der Waals surface area contributed by atoms with E-state index in [4.69, 9.17) is 5.73 Å². The molecule has 2 aromatic rings. The SMILES string of the molecule is Nc1ncc2c(n1)CN(S(=O)(=O)c1ccccc1C(F)(F)F)C2. The number of anilines is 1. The lowest BCUT2D eigenvalue weighted by atomic mass is 10.2. The zero-order chi connectivity index (χ0) is 16.8. The van der Waals surface area contributed by atoms with Gasteiger partial charge in [0, 0.05) is 18.3 Å². The van der Waals surface area contributed by atoms with Crippen molar-refractivity contribution in [2.24, 2.45) is 0 Å². The zero-order valence-corrected chi connectivity index (χ0v) is 12.4. The normalized spacial score (nSPS) is 15.6. The van der Waals surface area contributed by atoms with Gasteiger partial charge in [-0.3, -0.25) is 0 Å². The molecule has 1 aliphatic heterocycles. The van der Waals surface area contributed by atoms with Crippen molar-refractivity contribution in [3.05, 3.63) is 47.3 Å². The van der Waals surface area contributed by atoms with E-state index >= 15 is 0 Å². The first-order chi connectivity index (χ1) is 10.7. The smallest absolute Gasteiger partial charge is 0.368 e. The number of halogens is 3. The summed E-state index contributed by atoms with van der Waals surface area (Å²) in [6.45, 7) is -0.235. The predicted molar refractivity (Wildman–Crippen MR) is 74.3 cm³/mol. The largest absolute Gasteiger partial charge is 0.417 e. The van der Waals surface area contributed by atoms with E-state index < -0.39 is 26.7 Å². The highest BCUT2D eigenvalue weighted by Gasteiger charge is 2.40. The molecule has 0 saturated heterocycles. The van der Waals surface area contributed by atoms with Crippen LogP contribution in [0.4, 0.5) is 19.1 Å². The first-order valence-electron chi connectivity index (χ1n) is 6.46. The van der Waals surface area contributed by atoms with Crippen LogP contribution in [-0.2, 0) is 29.3 Å². The Balaban J connectivity index is 2.02. The van der Waals surface area contributed by atoms with E-state index in [0.717, 1.165) is 22.5 Å². The van der Waals surface area contributed by atoms with Crippen LogP contribution < -0.4 is 5.73 Å². The summed E-state index contributed by atoms with van der Waals surface area (Å²) < 4.78 is 65.3. The second kappa shape index (κ2) is 5.17. The van der Waals surface area contributed by atoms with E-state index in [9.17, 15) is 21.6 Å². The minimum atomic E-state index is -4.76. The van der Waals surface area contributed by atoms with E-state index in [2.05, 4.69) is 9.97 Å². The maximum atomic E-state index is 13.1. The molecular formula is C13H11F3N4O2S. The molecular weight excluding hydrogens is 333 g/mol. The van der Waals surface area contributed by atoms with Gasteiger partial charge in [0.25, 0.3) is 0 Å². The summed E-state index contributed by atoms with van der Waals surface area (Å²) in [4.78, 5) is 6.91. The molecule has 6 nitrogen and oxygen atoms in total. The molecule has 0 bridgehead atoms. The zero-order valence-electron chi connectivity index (χ0n) is 11.6. The molecule has 0 radical (unpaired) electrons. The van der Waals surface area contributed by atoms with Gasteiger partial charge in [-0.05, 0) is 12.1 Å². The summed E-state index contributed by atoms with van der Waals surface area (Å²) in [6, 6.07) is 4.09. The number of rotatable bonds is 2. The molecule has 1 aromatic heterocycles. The van der Waals surface area contributed by atoms with E-state index in [-0.39, 0.29) is 19.0 Å². The summed E-state index contributed by atoms with van der Waals surface area (Å²) in [7, 11) is -4.33. The van der Waals surface area contributed by atoms with E-state index in [1.807, 2.05) is 0 Å². The second-order valence-electron chi connectivity index (χ2n) is 4.97. The first-order valence-corrected chi connectivity index (χ1v) is 7.90. The van der Waals surface area contributed by atoms with Crippen LogP contribution in [-0.4, -0.2) is 22.7 Å². The van der Waals surface area contributed by atoms with Gasteiger partial charge in [0.1, 0.15) is 0 Å². The second-order valence-corrected chi connectivity index (χ2v) is 6.87. The third-order valence-electron chi connectivity index (χ3n) is 3.46. The van der Waals surface area contributed by atoms with Crippen LogP contribution in [0, 0.1) is 0 Å². The molecule has 0 spiro atoms. The molecule has 0 fully saturated rings. The van der Waals surface area contributed by atoms with Crippen LogP contribution in [0.3, 0.4) is 0 Å². The number of alkyl halides is 3. The van der Waals surface area contributed by atoms with Crippen molar-refractivity contribution in [3.8, 4) is 0 Å². The van der Waals surface area contributed by atoms with Crippen molar-refractivity contribution in [1.82, 2.24) is 14.3 Å². The van der Waals surface area contributed by atoms with Crippen LogP contribution in [0.2, 0.25) is 0 Å². The van der Waals surface area contributed by atoms with Crippen LogP contribution >= 0.6 is 0 Å². The van der Waals surface area contributed by atoms with Gasteiger partial charge in [-0.1, -0.05) is 12.1 Å². The molecule has 0 saturated carbocycles. The Kier molecular flexibility index (Phi) is 3.52. The summed E-state index contributed by atoms with van der Waals surface area (Å²) in [6.07, 6.45) is -3.39. The lowest BCUT2D eigenvalue weighted by molar-refractivity contribution is -0.139. The molecule has 2 heterocycles. The van der Waals surface area contributed by atoms with Gasteiger partial charge >= 0.3 is 6.18 Å². The van der Waals surface area contributed by atoms with Crippen LogP contribution in [0.1, 0.15) is 16.8 Å². The number of nitrogen functional groups attached to an aromatic ring is 1. The predicted octanol–water partition coefficient (Wildman–Crippen LogP) is 1.78. The minimum absolute atomic E-state index is 0.0151. The van der Waals surface area contributed by atoms with Crippen molar-refractivity contribution in [1.29, 1.82) is 0 Å². The number of aromatic nitrogens is 2. The fourth-order valence-corrected chi connectivity index (χ4v) is 3.97. The molecule has 23 heavy (non-hydrogen) atoms. The van der Waals surface area contributed by atoms with Crippen molar-refractivity contribution < 1.29 is 21.6 Å². The highest BCUT2D eigenvalue weighted by atomic mass is 32.2. The topological polar surface area (TPSA) is 89.2 Å². The highest BCUT2D eigenvalue weighted by molar-refractivity contribution is 7.89. The molecule has 0 aliphatic carbocycles. The minimum Gasteiger partial charge on any atom is -0.368 e. The van der Waals surface area contributed by atoms with Gasteiger partial charge in [-0.15, -0.1) is 0 Å². The summed E-state index contributed by atoms with van der Waals surface area (Å²) in [5.41, 5.74) is 5.16. The Morgan fingerprint density at radius 2 is 1.87 bits per heavy atom. The van der Waals surface area contributed by atoms with Crippen molar-refractivity contribution in [3.63, 3.8) is 0 Å². The van der Waals surface area contributed by atoms with Crippen molar-refractivity contribution in [2.75, 3.05) is 5.73 Å². The molecule has 10 heteroatoms. The number of nitrogens with zero attached hydrogens (tertiary/aromatic N) is 3. The van der Waals surface area contributed by atoms with E-state index in [1.165, 1.54) is 12.3 Å². The Morgan fingerprint density at radius 1 is 1.17 bits per heavy atom. The standard InChI is InChI=1S/C13H11F3N4O2S/c14-13(15,16)9-3-1-2-4-11(9)23(21,22)20-6-8-5-18-12(17)19-10(8)7-20/h1-5H,6-7H2,(H2,17,18,19). The van der Waals surface area contributed by atoms with E-state index in [1.54, 1.807) is 0 Å². The van der Waals surface area contributed by atoms with Crippen LogP contribution in [0.15, 0.2) is 35.4 Å². The number of nitrogens with two attached hydrogens (primary N) is 1. The fraction of sp³-hybridized carbons (Fsp3) is 0.231. The van der Waals surface area contributed by atoms with Gasteiger partial charge in [0.05, 0.1) is 22.7 Å². The van der Waals surface area contributed by atoms with Crippen molar-refractivity contribution in [2.45, 2.75) is 24.2 Å². The van der Waals surface area contributed by atoms with Gasteiger partial charge in [0.15, 0.2) is 0 Å². The summed E-state index contributed by atoms with van der Waals surface area (Å²) >= 11 is 0. The van der Waals surface area contributed by atoms with Crippen LogP contribution in [0.25, 0.3) is 0 Å². The Hall–Kier alpha value is -2.20. The lowest BCUT2D eigenvalue weighted by Crippen LogP contribution is -2.28. The van der Waals surface area contributed by atoms with Crippen LogP contribution in [0.5, 0.6) is 0 Å². The molecule has 0 atom stereocenters. The molecule has 1 aliphatic rings. The monoisotopic (exact) mass is 344 g/mol. The Morgan fingerprint density at radius 3 is 2.57 bits per heavy atom.